The van der Waals surface area contributed by atoms with Crippen molar-refractivity contribution in [3.05, 3.63) is 142 Å². The second-order valence-electron chi connectivity index (χ2n) is 13.8. The van der Waals surface area contributed by atoms with Gasteiger partial charge in [-0.3, -0.25) is 24.8 Å². The number of hydrogen-bond acceptors (Lipinski definition) is 11. The van der Waals surface area contributed by atoms with Crippen LogP contribution in [0.1, 0.15) is 22.3 Å². The van der Waals surface area contributed by atoms with Crippen LogP contribution < -0.4 is 14.9 Å². The molecule has 1 aliphatic heterocycles. The van der Waals surface area contributed by atoms with Gasteiger partial charge in [-0.1, -0.05) is 41.9 Å². The fraction of sp³-hybridized carbons (Fsp3) is 0.268. The molecule has 0 aliphatic carbocycles. The first-order valence-corrected chi connectivity index (χ1v) is 21.0. The van der Waals surface area contributed by atoms with E-state index in [1.807, 2.05) is 85.9 Å². The van der Waals surface area contributed by atoms with Crippen molar-refractivity contribution in [1.29, 1.82) is 0 Å². The van der Waals surface area contributed by atoms with Crippen molar-refractivity contribution >= 4 is 56.4 Å². The van der Waals surface area contributed by atoms with E-state index in [1.165, 1.54) is 12.1 Å². The van der Waals surface area contributed by atoms with Crippen LogP contribution in [0.25, 0.3) is 11.1 Å². The summed E-state index contributed by atoms with van der Waals surface area (Å²) in [6.45, 7) is 4.67. The third kappa shape index (κ3) is 10.9. The number of anilines is 2. The number of halogens is 1. The third-order valence-corrected chi connectivity index (χ3v) is 12.3. The Labute approximate surface area is 337 Å². The van der Waals surface area contributed by atoms with E-state index in [2.05, 4.69) is 24.8 Å². The number of nitro groups is 1. The Hall–Kier alpha value is -4.99. The molecule has 1 aliphatic rings. The summed E-state index contributed by atoms with van der Waals surface area (Å²) in [7, 11) is -0.517. The zero-order valence-corrected chi connectivity index (χ0v) is 33.6. The van der Waals surface area contributed by atoms with Crippen LogP contribution in [0.15, 0.2) is 125 Å². The molecular formula is C41H44ClN7O5S2. The van der Waals surface area contributed by atoms with Crippen LogP contribution in [0.4, 0.5) is 17.1 Å². The highest BCUT2D eigenvalue weighted by Gasteiger charge is 2.26. The Bertz CT molecular complexity index is 2220. The molecule has 4 aromatic carbocycles. The number of aromatic nitrogens is 1. The van der Waals surface area contributed by atoms with Crippen LogP contribution in [0, 0.1) is 10.1 Å². The number of pyridine rings is 1. The summed E-state index contributed by atoms with van der Waals surface area (Å²) in [4.78, 5) is 36.4. The molecule has 56 heavy (non-hydrogen) atoms. The molecule has 1 atom stereocenters. The lowest BCUT2D eigenvalue weighted by Gasteiger charge is -2.36. The van der Waals surface area contributed by atoms with Crippen LogP contribution in [0.5, 0.6) is 0 Å². The third-order valence-electron chi connectivity index (χ3n) is 9.50. The monoisotopic (exact) mass is 813 g/mol. The Morgan fingerprint density at radius 2 is 1.68 bits per heavy atom. The van der Waals surface area contributed by atoms with E-state index >= 15 is 0 Å². The highest BCUT2D eigenvalue weighted by atomic mass is 35.5. The fourth-order valence-electron chi connectivity index (χ4n) is 6.43. The van der Waals surface area contributed by atoms with Crippen molar-refractivity contribution in [2.45, 2.75) is 28.8 Å². The van der Waals surface area contributed by atoms with Gasteiger partial charge in [-0.05, 0) is 110 Å². The van der Waals surface area contributed by atoms with Gasteiger partial charge in [0.1, 0.15) is 5.69 Å². The Kier molecular flexibility index (Phi) is 13.6. The van der Waals surface area contributed by atoms with Gasteiger partial charge in [0.05, 0.1) is 9.82 Å². The Morgan fingerprint density at radius 1 is 0.964 bits per heavy atom. The predicted molar refractivity (Wildman–Crippen MR) is 224 cm³/mol. The number of sulfonamides is 1. The lowest BCUT2D eigenvalue weighted by Crippen LogP contribution is -2.46. The van der Waals surface area contributed by atoms with E-state index < -0.39 is 26.5 Å². The number of rotatable bonds is 16. The van der Waals surface area contributed by atoms with Crippen LogP contribution in [-0.4, -0.2) is 92.6 Å². The van der Waals surface area contributed by atoms with Crippen LogP contribution in [-0.2, 0) is 16.6 Å². The number of nitro benzene ring substituents is 1. The van der Waals surface area contributed by atoms with Crippen LogP contribution in [0.3, 0.4) is 0 Å². The maximum atomic E-state index is 13.3. The lowest BCUT2D eigenvalue weighted by atomic mass is 10.0. The first-order chi connectivity index (χ1) is 26.9. The van der Waals surface area contributed by atoms with Crippen LogP contribution >= 0.6 is 23.4 Å². The van der Waals surface area contributed by atoms with E-state index in [1.54, 1.807) is 42.2 Å². The minimum absolute atomic E-state index is 0.142. The van der Waals surface area contributed by atoms with Gasteiger partial charge in [-0.2, -0.15) is 0 Å². The molecule has 0 unspecified atom stereocenters. The van der Waals surface area contributed by atoms with Crippen LogP contribution in [0.2, 0.25) is 5.02 Å². The molecule has 1 saturated heterocycles. The van der Waals surface area contributed by atoms with E-state index in [0.717, 1.165) is 72.6 Å². The van der Waals surface area contributed by atoms with Gasteiger partial charge in [-0.15, -0.1) is 11.8 Å². The number of piperazine rings is 1. The number of nitrogens with one attached hydrogen (secondary N) is 2. The summed E-state index contributed by atoms with van der Waals surface area (Å²) in [5, 5.41) is 16.1. The Morgan fingerprint density at radius 3 is 2.36 bits per heavy atom. The van der Waals surface area contributed by atoms with Gasteiger partial charge in [0, 0.05) is 84.1 Å². The zero-order valence-electron chi connectivity index (χ0n) is 31.2. The highest BCUT2D eigenvalue weighted by molar-refractivity contribution is 7.99. The van der Waals surface area contributed by atoms with Gasteiger partial charge in [-0.25, -0.2) is 13.1 Å². The number of carbonyl (C=O) groups is 1. The molecule has 15 heteroatoms. The van der Waals surface area contributed by atoms with Crippen molar-refractivity contribution in [2.24, 2.45) is 0 Å². The maximum Gasteiger partial charge on any atom is 0.293 e. The second kappa shape index (κ2) is 18.8. The number of nitrogens with zero attached hydrogens (tertiary/aromatic N) is 5. The largest absolute Gasteiger partial charge is 0.376 e. The molecule has 292 valence electrons. The van der Waals surface area contributed by atoms with Crippen molar-refractivity contribution in [1.82, 2.24) is 19.5 Å². The number of thioether (sulfide) groups is 1. The van der Waals surface area contributed by atoms with Crippen molar-refractivity contribution in [2.75, 3.05) is 62.8 Å². The molecule has 5 aromatic rings. The molecule has 0 radical (unpaired) electrons. The predicted octanol–water partition coefficient (Wildman–Crippen LogP) is 7.28. The minimum atomic E-state index is -4.43. The van der Waals surface area contributed by atoms with Crippen molar-refractivity contribution < 1.29 is 18.1 Å². The normalized spacial score (nSPS) is 14.0. The Balaban J connectivity index is 1.06. The van der Waals surface area contributed by atoms with E-state index in [9.17, 15) is 23.3 Å². The lowest BCUT2D eigenvalue weighted by molar-refractivity contribution is -0.384. The standard InChI is InChI=1S/C41H44ClN7O5S2/c1-46(2)21-19-34(29-55-36-6-4-3-5-7-36)44-39-17-16-37(26-40(39)49(51)52)56(53,54)45-41(50)31-10-14-35(15-11-31)48-24-22-47(23-25-48)28-32-27-43-20-18-38(32)30-8-12-33(42)13-9-30/h3-18,20,26-27,34,44H,19,21-25,28-29H2,1-2H3,(H,45,50)/t34-/m1/s1. The number of hydrogen-bond donors (Lipinski definition) is 2. The summed E-state index contributed by atoms with van der Waals surface area (Å²) in [5.41, 5.74) is 4.21. The summed E-state index contributed by atoms with van der Waals surface area (Å²) in [5.74, 6) is -0.195. The molecule has 2 N–H and O–H groups in total. The quantitative estimate of drug-likeness (QED) is 0.0590. The highest BCUT2D eigenvalue weighted by Crippen LogP contribution is 2.31. The van der Waals surface area contributed by atoms with E-state index in [-0.39, 0.29) is 22.2 Å². The molecule has 1 amide bonds. The average Bonchev–Trinajstić information content (AvgIpc) is 3.20. The molecular weight excluding hydrogens is 770 g/mol. The van der Waals surface area contributed by atoms with Gasteiger partial charge < -0.3 is 15.1 Å². The molecule has 1 aromatic heterocycles. The number of benzene rings is 4. The molecule has 0 saturated carbocycles. The fourth-order valence-corrected chi connectivity index (χ4v) is 8.54. The first-order valence-electron chi connectivity index (χ1n) is 18.2. The summed E-state index contributed by atoms with van der Waals surface area (Å²) >= 11 is 7.73. The van der Waals surface area contributed by atoms with E-state index in [0.29, 0.717) is 17.2 Å². The molecule has 1 fully saturated rings. The zero-order chi connectivity index (χ0) is 39.7. The smallest absolute Gasteiger partial charge is 0.293 e. The maximum absolute atomic E-state index is 13.3. The van der Waals surface area contributed by atoms with Gasteiger partial charge in [0.15, 0.2) is 0 Å². The van der Waals surface area contributed by atoms with Crippen molar-refractivity contribution in [3.63, 3.8) is 0 Å². The molecule has 6 rings (SSSR count). The van der Waals surface area contributed by atoms with Gasteiger partial charge >= 0.3 is 0 Å². The van der Waals surface area contributed by atoms with Crippen molar-refractivity contribution in [3.8, 4) is 11.1 Å². The van der Waals surface area contributed by atoms with Gasteiger partial charge in [0.2, 0.25) is 0 Å². The average molecular weight is 814 g/mol. The molecule has 0 spiro atoms. The molecule has 0 bridgehead atoms. The molecule has 2 heterocycles. The SMILES string of the molecule is CN(C)CC[C@H](CSc1ccccc1)Nc1ccc(S(=O)(=O)NC(=O)c2ccc(N3CCN(Cc4cnccc4-c4ccc(Cl)cc4)CC3)cc2)cc1[N+](=O)[O-]. The summed E-state index contributed by atoms with van der Waals surface area (Å²) in [6.07, 6.45) is 4.40. The minimum Gasteiger partial charge on any atom is -0.376 e. The summed E-state index contributed by atoms with van der Waals surface area (Å²) < 4.78 is 28.8. The topological polar surface area (TPSA) is 141 Å². The molecule has 12 nitrogen and oxygen atoms in total. The summed E-state index contributed by atoms with van der Waals surface area (Å²) in [6, 6.07) is 29.9. The second-order valence-corrected chi connectivity index (χ2v) is 17.0. The number of carbonyl (C=O) groups excluding carboxylic acids is 1. The van der Waals surface area contributed by atoms with Gasteiger partial charge in [0.25, 0.3) is 21.6 Å². The first kappa shape index (κ1) is 40.7. The number of amides is 1. The van der Waals surface area contributed by atoms with E-state index in [4.69, 9.17) is 11.6 Å².